The predicted octanol–water partition coefficient (Wildman–Crippen LogP) is 6.12. The van der Waals surface area contributed by atoms with Crippen LogP contribution in [0.4, 0.5) is 4.39 Å². The summed E-state index contributed by atoms with van der Waals surface area (Å²) in [5, 5.41) is 23.5. The van der Waals surface area contributed by atoms with E-state index in [9.17, 15) is 19.4 Å². The Bertz CT molecular complexity index is 1190. The molecule has 1 aliphatic rings. The zero-order valence-corrected chi connectivity index (χ0v) is 22.4. The van der Waals surface area contributed by atoms with Crippen molar-refractivity contribution in [3.8, 4) is 5.75 Å². The van der Waals surface area contributed by atoms with Gasteiger partial charge in [0.15, 0.2) is 0 Å². The molecule has 1 aromatic carbocycles. The van der Waals surface area contributed by atoms with Crippen molar-refractivity contribution in [3.63, 3.8) is 0 Å². The molecular weight excluding hydrogens is 523 g/mol. The van der Waals surface area contributed by atoms with Gasteiger partial charge < -0.3 is 19.8 Å². The zero-order valence-electron chi connectivity index (χ0n) is 20.0. The van der Waals surface area contributed by atoms with Crippen molar-refractivity contribution in [2.75, 3.05) is 32.5 Å². The number of hydrogen-bond acceptors (Lipinski definition) is 7. The number of halogens is 2. The van der Waals surface area contributed by atoms with Crippen molar-refractivity contribution in [1.82, 2.24) is 9.88 Å². The number of pyridine rings is 1. The van der Waals surface area contributed by atoms with E-state index in [0.29, 0.717) is 39.9 Å². The first-order chi connectivity index (χ1) is 17.4. The largest absolute Gasteiger partial charge is 0.497 e. The number of aliphatic hydroxyl groups is 1. The summed E-state index contributed by atoms with van der Waals surface area (Å²) in [7, 11) is 1.59. The van der Waals surface area contributed by atoms with Gasteiger partial charge in [-0.3, -0.25) is 9.78 Å². The predicted molar refractivity (Wildman–Crippen MR) is 143 cm³/mol. The first-order valence-corrected chi connectivity index (χ1v) is 14.2. The minimum atomic E-state index is -0.808. The molecule has 3 aromatic rings. The highest BCUT2D eigenvalue weighted by Gasteiger charge is 2.31. The number of fused-ring (bicyclic) bond motifs is 1. The molecule has 0 aliphatic carbocycles. The van der Waals surface area contributed by atoms with Gasteiger partial charge in [0.2, 0.25) is 0 Å². The highest BCUT2D eigenvalue weighted by atomic mass is 35.5. The van der Waals surface area contributed by atoms with Gasteiger partial charge in [0.05, 0.1) is 28.0 Å². The van der Waals surface area contributed by atoms with E-state index < -0.39 is 12.1 Å². The molecule has 0 spiro atoms. The van der Waals surface area contributed by atoms with Gasteiger partial charge in [-0.05, 0) is 67.3 Å². The summed E-state index contributed by atoms with van der Waals surface area (Å²) >= 11 is 9.36. The maximum atomic E-state index is 13.7. The Morgan fingerprint density at radius 1 is 1.39 bits per heavy atom. The molecule has 6 nitrogen and oxygen atoms in total. The van der Waals surface area contributed by atoms with Crippen LogP contribution < -0.4 is 4.74 Å². The maximum absolute atomic E-state index is 13.7. The Labute approximate surface area is 223 Å². The summed E-state index contributed by atoms with van der Waals surface area (Å²) in [6, 6.07) is 6.97. The van der Waals surface area contributed by atoms with Crippen LogP contribution in [0.25, 0.3) is 10.9 Å². The van der Waals surface area contributed by atoms with Gasteiger partial charge in [0.1, 0.15) is 11.6 Å². The van der Waals surface area contributed by atoms with Crippen LogP contribution in [0.15, 0.2) is 40.1 Å². The summed E-state index contributed by atoms with van der Waals surface area (Å²) in [6.07, 6.45) is 2.90. The number of methoxy groups -OCH3 is 1. The Morgan fingerprint density at radius 2 is 2.22 bits per heavy atom. The Balaban J connectivity index is 1.38. The lowest BCUT2D eigenvalue weighted by molar-refractivity contribution is -0.139. The van der Waals surface area contributed by atoms with E-state index in [-0.39, 0.29) is 24.1 Å². The quantitative estimate of drug-likeness (QED) is 0.277. The molecule has 194 valence electrons. The highest BCUT2D eigenvalue weighted by molar-refractivity contribution is 8.01. The number of benzene rings is 1. The fraction of sp³-hybridized carbons (Fsp3) is 0.462. The number of ether oxygens (including phenoxy) is 1. The first-order valence-electron chi connectivity index (χ1n) is 12.0. The molecule has 1 fully saturated rings. The van der Waals surface area contributed by atoms with E-state index in [1.807, 2.05) is 18.2 Å². The standard InChI is InChI=1S/C26H30ClFN2O4S2/c1-34-18-3-4-22-19(13-18)25(20(27)14-29-22)23(31)5-2-16-6-8-30(15-17(16)12-24(32)33)9-11-36-26-21(28)7-10-35-26/h3-4,7,10,13-14,16-17,23,31H,2,5-6,8-9,11-12,15H2,1H3,(H,32,33)/t16-,17+,23+/m1/s1. The van der Waals surface area contributed by atoms with E-state index in [4.69, 9.17) is 16.3 Å². The van der Waals surface area contributed by atoms with E-state index in [2.05, 4.69) is 9.88 Å². The molecule has 1 saturated heterocycles. The average Bonchev–Trinajstić information content (AvgIpc) is 3.27. The molecule has 0 saturated carbocycles. The number of likely N-dealkylation sites (tertiary alicyclic amines) is 1. The Morgan fingerprint density at radius 3 is 2.94 bits per heavy atom. The second kappa shape index (κ2) is 12.6. The molecule has 3 heterocycles. The molecule has 0 radical (unpaired) electrons. The molecule has 0 amide bonds. The van der Waals surface area contributed by atoms with Gasteiger partial charge in [-0.2, -0.15) is 0 Å². The van der Waals surface area contributed by atoms with Crippen LogP contribution in [-0.2, 0) is 4.79 Å². The topological polar surface area (TPSA) is 82.9 Å². The van der Waals surface area contributed by atoms with E-state index >= 15 is 0 Å². The molecular formula is C26H30ClFN2O4S2. The van der Waals surface area contributed by atoms with Gasteiger partial charge >= 0.3 is 5.97 Å². The van der Waals surface area contributed by atoms with Crippen molar-refractivity contribution >= 4 is 51.6 Å². The fourth-order valence-electron chi connectivity index (χ4n) is 4.99. The minimum absolute atomic E-state index is 0.00308. The number of nitrogens with zero attached hydrogens (tertiary/aromatic N) is 2. The third kappa shape index (κ3) is 6.69. The van der Waals surface area contributed by atoms with E-state index in [0.717, 1.165) is 36.2 Å². The number of thioether (sulfide) groups is 1. The van der Waals surface area contributed by atoms with Crippen molar-refractivity contribution in [1.29, 1.82) is 0 Å². The summed E-state index contributed by atoms with van der Waals surface area (Å²) < 4.78 is 19.7. The maximum Gasteiger partial charge on any atom is 0.303 e. The molecule has 10 heteroatoms. The summed E-state index contributed by atoms with van der Waals surface area (Å²) in [6.45, 7) is 2.34. The number of carboxylic acid groups (broad SMARTS) is 1. The third-order valence-electron chi connectivity index (χ3n) is 6.85. The third-order valence-corrected chi connectivity index (χ3v) is 9.32. The van der Waals surface area contributed by atoms with Gasteiger partial charge in [-0.1, -0.05) is 11.6 Å². The zero-order chi connectivity index (χ0) is 25.7. The van der Waals surface area contributed by atoms with Gasteiger partial charge in [0.25, 0.3) is 0 Å². The van der Waals surface area contributed by atoms with Crippen LogP contribution in [0.2, 0.25) is 5.02 Å². The van der Waals surface area contributed by atoms with E-state index in [1.165, 1.54) is 29.2 Å². The number of rotatable bonds is 11. The van der Waals surface area contributed by atoms with Gasteiger partial charge in [-0.25, -0.2) is 4.39 Å². The number of aliphatic hydroxyl groups excluding tert-OH is 1. The van der Waals surface area contributed by atoms with Crippen LogP contribution >= 0.6 is 34.7 Å². The van der Waals surface area contributed by atoms with Crippen LogP contribution in [0.3, 0.4) is 0 Å². The first kappa shape index (κ1) is 27.1. The number of thiophene rings is 1. The molecule has 1 aliphatic heterocycles. The number of hydrogen-bond donors (Lipinski definition) is 2. The van der Waals surface area contributed by atoms with Crippen LogP contribution in [0, 0.1) is 17.7 Å². The number of aliphatic carboxylic acids is 1. The summed E-state index contributed by atoms with van der Waals surface area (Å²) in [5.41, 5.74) is 1.36. The van der Waals surface area contributed by atoms with Crippen molar-refractivity contribution in [3.05, 3.63) is 52.2 Å². The molecule has 3 atom stereocenters. The second-order valence-corrected chi connectivity index (χ2v) is 11.8. The molecule has 2 aromatic heterocycles. The Kier molecular flexibility index (Phi) is 9.47. The summed E-state index contributed by atoms with van der Waals surface area (Å²) in [5.74, 6) is 0.628. The average molecular weight is 553 g/mol. The highest BCUT2D eigenvalue weighted by Crippen LogP contribution is 2.37. The number of piperidine rings is 1. The summed E-state index contributed by atoms with van der Waals surface area (Å²) in [4.78, 5) is 18.2. The smallest absolute Gasteiger partial charge is 0.303 e. The lowest BCUT2D eigenvalue weighted by Gasteiger charge is -2.38. The molecule has 2 N–H and O–H groups in total. The van der Waals surface area contributed by atoms with Crippen molar-refractivity contribution in [2.45, 2.75) is 36.0 Å². The monoisotopic (exact) mass is 552 g/mol. The fourth-order valence-corrected chi connectivity index (χ4v) is 7.19. The lowest BCUT2D eigenvalue weighted by Crippen LogP contribution is -2.42. The number of carboxylic acids is 1. The van der Waals surface area contributed by atoms with Crippen molar-refractivity contribution in [2.24, 2.45) is 11.8 Å². The number of carbonyl (C=O) groups is 1. The molecule has 0 bridgehead atoms. The SMILES string of the molecule is COc1ccc2ncc(Cl)c([C@@H](O)CC[C@@H]3CCN(CCSc4sccc4F)C[C@@H]3CC(=O)O)c2c1. The van der Waals surface area contributed by atoms with Crippen LogP contribution in [0.1, 0.15) is 37.4 Å². The van der Waals surface area contributed by atoms with E-state index in [1.54, 1.807) is 18.7 Å². The van der Waals surface area contributed by atoms with Crippen LogP contribution in [0.5, 0.6) is 5.75 Å². The lowest BCUT2D eigenvalue weighted by atomic mass is 9.79. The molecule has 36 heavy (non-hydrogen) atoms. The second-order valence-electron chi connectivity index (χ2n) is 9.11. The van der Waals surface area contributed by atoms with Crippen molar-refractivity contribution < 1.29 is 24.1 Å². The normalized spacial score (nSPS) is 19.4. The minimum Gasteiger partial charge on any atom is -0.497 e. The van der Waals surface area contributed by atoms with Gasteiger partial charge in [-0.15, -0.1) is 23.1 Å². The van der Waals surface area contributed by atoms with Crippen LogP contribution in [-0.4, -0.2) is 58.6 Å². The molecule has 4 rings (SSSR count). The molecule has 0 unspecified atom stereocenters. The van der Waals surface area contributed by atoms with Gasteiger partial charge in [0, 0.05) is 42.4 Å². The number of aromatic nitrogens is 1. The Hall–Kier alpha value is -1.91.